The van der Waals surface area contributed by atoms with Crippen LogP contribution in [0.15, 0.2) is 18.2 Å². The molecule has 1 aliphatic heterocycles. The number of nitrogens with one attached hydrogen (secondary N) is 1. The third kappa shape index (κ3) is 4.19. The van der Waals surface area contributed by atoms with Crippen molar-refractivity contribution in [3.8, 4) is 11.5 Å². The first-order valence-corrected chi connectivity index (χ1v) is 8.15. The van der Waals surface area contributed by atoms with Crippen molar-refractivity contribution in [2.75, 3.05) is 6.79 Å². The highest BCUT2D eigenvalue weighted by Crippen LogP contribution is 2.35. The fourth-order valence-corrected chi connectivity index (χ4v) is 2.36. The van der Waals surface area contributed by atoms with Crippen LogP contribution in [0.25, 0.3) is 0 Å². The largest absolute Gasteiger partial charge is 0.458 e. The highest BCUT2D eigenvalue weighted by Gasteiger charge is 2.32. The normalized spacial score (nSPS) is 15.5. The third-order valence-corrected chi connectivity index (χ3v) is 3.80. The summed E-state index contributed by atoms with van der Waals surface area (Å²) in [6.07, 6.45) is 0.733. The van der Waals surface area contributed by atoms with E-state index in [9.17, 15) is 9.59 Å². The number of fused-ring (bicyclic) bond motifs is 1. The Kier molecular flexibility index (Phi) is 5.36. The number of carbonyl (C=O) groups excluding carboxylic acids is 2. The number of para-hydroxylation sites is 1. The van der Waals surface area contributed by atoms with Gasteiger partial charge in [-0.05, 0) is 38.8 Å². The van der Waals surface area contributed by atoms with Crippen LogP contribution < -0.4 is 14.8 Å². The van der Waals surface area contributed by atoms with E-state index in [0.717, 1.165) is 6.42 Å². The van der Waals surface area contributed by atoms with Crippen LogP contribution in [0.4, 0.5) is 0 Å². The summed E-state index contributed by atoms with van der Waals surface area (Å²) in [7, 11) is 0. The van der Waals surface area contributed by atoms with Gasteiger partial charge in [-0.15, -0.1) is 0 Å². The van der Waals surface area contributed by atoms with Gasteiger partial charge in [0.05, 0.1) is 5.56 Å². The third-order valence-electron chi connectivity index (χ3n) is 3.80. The minimum Gasteiger partial charge on any atom is -0.458 e. The summed E-state index contributed by atoms with van der Waals surface area (Å²) in [4.78, 5) is 25.1. The van der Waals surface area contributed by atoms with Crippen molar-refractivity contribution in [3.63, 3.8) is 0 Å². The zero-order chi connectivity index (χ0) is 17.9. The van der Waals surface area contributed by atoms with Crippen LogP contribution in [0.3, 0.4) is 0 Å². The van der Waals surface area contributed by atoms with Crippen molar-refractivity contribution >= 4 is 11.9 Å². The number of ether oxygens (including phenoxy) is 3. The molecule has 0 bridgehead atoms. The molecule has 1 N–H and O–H groups in total. The van der Waals surface area contributed by atoms with Crippen LogP contribution in [-0.2, 0) is 9.53 Å². The molecule has 1 aromatic rings. The quantitative estimate of drug-likeness (QED) is 0.838. The second-order valence-corrected chi connectivity index (χ2v) is 6.91. The summed E-state index contributed by atoms with van der Waals surface area (Å²) in [5, 5.41) is 2.79. The lowest BCUT2D eigenvalue weighted by Crippen LogP contribution is -2.47. The second kappa shape index (κ2) is 7.11. The Hall–Kier alpha value is -2.24. The number of rotatable bonds is 5. The van der Waals surface area contributed by atoms with Crippen LogP contribution >= 0.6 is 0 Å². The van der Waals surface area contributed by atoms with Crippen LogP contribution in [0.2, 0.25) is 0 Å². The number of benzene rings is 1. The standard InChI is InChI=1S/C18H25NO5/c1-6-11(2)14(17(21)24-18(3,4)5)19-16(20)12-8-7-9-13-15(12)23-10-22-13/h7-9,11,14H,6,10H2,1-5H3,(H,19,20)/t11-,14-/m0/s1. The molecule has 1 heterocycles. The van der Waals surface area contributed by atoms with Gasteiger partial charge in [-0.25, -0.2) is 4.79 Å². The molecule has 0 aromatic heterocycles. The van der Waals surface area contributed by atoms with E-state index in [-0.39, 0.29) is 18.6 Å². The lowest BCUT2D eigenvalue weighted by molar-refractivity contribution is -0.158. The number of hydrogen-bond donors (Lipinski definition) is 1. The average molecular weight is 335 g/mol. The lowest BCUT2D eigenvalue weighted by atomic mass is 9.98. The monoisotopic (exact) mass is 335 g/mol. The minimum atomic E-state index is -0.722. The van der Waals surface area contributed by atoms with Crippen molar-refractivity contribution in [2.45, 2.75) is 52.7 Å². The van der Waals surface area contributed by atoms with Gasteiger partial charge >= 0.3 is 5.97 Å². The molecule has 2 atom stereocenters. The number of amides is 1. The highest BCUT2D eigenvalue weighted by atomic mass is 16.7. The molecule has 132 valence electrons. The summed E-state index contributed by atoms with van der Waals surface area (Å²) < 4.78 is 16.1. The Labute approximate surface area is 142 Å². The molecule has 2 rings (SSSR count). The zero-order valence-electron chi connectivity index (χ0n) is 14.8. The van der Waals surface area contributed by atoms with Crippen molar-refractivity contribution in [2.24, 2.45) is 5.92 Å². The van der Waals surface area contributed by atoms with Gasteiger partial charge in [0.1, 0.15) is 11.6 Å². The fraction of sp³-hybridized carbons (Fsp3) is 0.556. The first-order valence-electron chi connectivity index (χ1n) is 8.15. The fourth-order valence-electron chi connectivity index (χ4n) is 2.36. The van der Waals surface area contributed by atoms with Crippen molar-refractivity contribution in [1.82, 2.24) is 5.32 Å². The van der Waals surface area contributed by atoms with E-state index < -0.39 is 17.6 Å². The summed E-state index contributed by atoms with van der Waals surface area (Å²) >= 11 is 0. The van der Waals surface area contributed by atoms with E-state index in [2.05, 4.69) is 5.32 Å². The van der Waals surface area contributed by atoms with Gasteiger partial charge in [-0.2, -0.15) is 0 Å². The van der Waals surface area contributed by atoms with E-state index in [0.29, 0.717) is 17.1 Å². The first kappa shape index (κ1) is 18.1. The second-order valence-electron chi connectivity index (χ2n) is 6.91. The van der Waals surface area contributed by atoms with Gasteiger partial charge in [0.2, 0.25) is 6.79 Å². The lowest BCUT2D eigenvalue weighted by Gasteiger charge is -2.27. The van der Waals surface area contributed by atoms with Gasteiger partial charge in [0, 0.05) is 0 Å². The molecule has 0 radical (unpaired) electrons. The minimum absolute atomic E-state index is 0.0577. The molecule has 6 heteroatoms. The van der Waals surface area contributed by atoms with E-state index in [4.69, 9.17) is 14.2 Å². The summed E-state index contributed by atoms with van der Waals surface area (Å²) in [6.45, 7) is 9.36. The first-order chi connectivity index (χ1) is 11.2. The molecule has 24 heavy (non-hydrogen) atoms. The Balaban J connectivity index is 2.19. The molecule has 0 fully saturated rings. The molecule has 0 unspecified atom stereocenters. The van der Waals surface area contributed by atoms with Gasteiger partial charge in [-0.3, -0.25) is 4.79 Å². The maximum absolute atomic E-state index is 12.7. The Morgan fingerprint density at radius 3 is 2.62 bits per heavy atom. The van der Waals surface area contributed by atoms with Gasteiger partial charge in [-0.1, -0.05) is 26.3 Å². The molecule has 0 aliphatic carbocycles. The molecule has 1 amide bonds. The maximum atomic E-state index is 12.7. The summed E-state index contributed by atoms with van der Waals surface area (Å²) in [5.74, 6) is 0.0586. The molecule has 0 saturated carbocycles. The van der Waals surface area contributed by atoms with Crippen LogP contribution in [0, 0.1) is 5.92 Å². The highest BCUT2D eigenvalue weighted by molar-refractivity contribution is 6.00. The van der Waals surface area contributed by atoms with E-state index in [1.165, 1.54) is 0 Å². The van der Waals surface area contributed by atoms with Crippen molar-refractivity contribution in [1.29, 1.82) is 0 Å². The number of esters is 1. The zero-order valence-corrected chi connectivity index (χ0v) is 14.8. The smallest absolute Gasteiger partial charge is 0.329 e. The summed E-state index contributed by atoms with van der Waals surface area (Å²) in [6, 6.07) is 4.37. The maximum Gasteiger partial charge on any atom is 0.329 e. The Morgan fingerprint density at radius 1 is 1.29 bits per heavy atom. The Morgan fingerprint density at radius 2 is 2.00 bits per heavy atom. The van der Waals surface area contributed by atoms with Crippen molar-refractivity contribution < 1.29 is 23.8 Å². The summed E-state index contributed by atoms with van der Waals surface area (Å²) in [5.41, 5.74) is -0.264. The molecule has 0 saturated heterocycles. The molecular weight excluding hydrogens is 310 g/mol. The average Bonchev–Trinajstić information content (AvgIpc) is 2.98. The molecule has 1 aliphatic rings. The van der Waals surface area contributed by atoms with E-state index in [1.807, 2.05) is 13.8 Å². The van der Waals surface area contributed by atoms with Crippen LogP contribution in [-0.4, -0.2) is 30.3 Å². The molecular formula is C18H25NO5. The SMILES string of the molecule is CC[C@H](C)[C@H](NC(=O)c1cccc2c1OCO2)C(=O)OC(C)(C)C. The van der Waals surface area contributed by atoms with Gasteiger partial charge in [0.25, 0.3) is 5.91 Å². The van der Waals surface area contributed by atoms with Crippen LogP contribution in [0.5, 0.6) is 11.5 Å². The van der Waals surface area contributed by atoms with Crippen molar-refractivity contribution in [3.05, 3.63) is 23.8 Å². The molecule has 0 spiro atoms. The number of carbonyl (C=O) groups is 2. The van der Waals surface area contributed by atoms with Crippen LogP contribution in [0.1, 0.15) is 51.4 Å². The molecule has 1 aromatic carbocycles. The predicted molar refractivity (Wildman–Crippen MR) is 89.1 cm³/mol. The predicted octanol–water partition coefficient (Wildman–Crippen LogP) is 2.90. The van der Waals surface area contributed by atoms with Gasteiger partial charge < -0.3 is 19.5 Å². The topological polar surface area (TPSA) is 73.9 Å². The van der Waals surface area contributed by atoms with E-state index >= 15 is 0 Å². The van der Waals surface area contributed by atoms with E-state index in [1.54, 1.807) is 39.0 Å². The number of hydrogen-bond acceptors (Lipinski definition) is 5. The molecule has 6 nitrogen and oxygen atoms in total. The van der Waals surface area contributed by atoms with Gasteiger partial charge in [0.15, 0.2) is 11.5 Å². The Bertz CT molecular complexity index is 620.